The van der Waals surface area contributed by atoms with E-state index < -0.39 is 11.8 Å². The molecule has 8 rings (SSSR count). The van der Waals surface area contributed by atoms with E-state index in [9.17, 15) is 19.5 Å². The largest absolute Gasteiger partial charge is 0.397 e. The highest BCUT2D eigenvalue weighted by molar-refractivity contribution is 5.94. The third kappa shape index (κ3) is 11.0. The molecule has 0 unspecified atom stereocenters. The summed E-state index contributed by atoms with van der Waals surface area (Å²) in [6, 6.07) is 41.9. The molecule has 0 bridgehead atoms. The number of nitrogens with two attached hydrogens (primary N) is 1. The van der Waals surface area contributed by atoms with Gasteiger partial charge >= 0.3 is 0 Å². The predicted molar refractivity (Wildman–Crippen MR) is 250 cm³/mol. The van der Waals surface area contributed by atoms with Crippen LogP contribution >= 0.6 is 0 Å². The summed E-state index contributed by atoms with van der Waals surface area (Å²) in [6.07, 6.45) is 5.41. The number of aliphatic hydroxyl groups excluding tert-OH is 1. The number of ether oxygens (including phenoxy) is 2. The number of hydrogen-bond acceptors (Lipinski definition) is 9. The van der Waals surface area contributed by atoms with Gasteiger partial charge in [0.25, 0.3) is 0 Å². The molecule has 0 saturated carbocycles. The third-order valence-corrected chi connectivity index (χ3v) is 12.9. The SMILES string of the molecule is Nc1ccccc1NC(=O)CCCCCCC(=O)NCc1cccc(-c2ccc([C@@H]3O[C@H](CN4CCC5(CC4)C(=O)NCN5c4ccccc4)C[C@H](c4ccc(CO)cc4)O3)cc2)c1. The van der Waals surface area contributed by atoms with Gasteiger partial charge in [-0.15, -0.1) is 0 Å². The fourth-order valence-electron chi connectivity index (χ4n) is 9.19. The first-order chi connectivity index (χ1) is 31.3. The Bertz CT molecular complexity index is 2330. The van der Waals surface area contributed by atoms with Crippen LogP contribution in [-0.4, -0.2) is 65.7 Å². The van der Waals surface area contributed by atoms with Gasteiger partial charge in [-0.05, 0) is 83.8 Å². The van der Waals surface area contributed by atoms with Gasteiger partial charge in [0.15, 0.2) is 6.29 Å². The van der Waals surface area contributed by atoms with Crippen LogP contribution in [0.15, 0.2) is 127 Å². The summed E-state index contributed by atoms with van der Waals surface area (Å²) in [6.45, 7) is 3.24. The summed E-state index contributed by atoms with van der Waals surface area (Å²) in [7, 11) is 0. The lowest BCUT2D eigenvalue weighted by Gasteiger charge is -2.45. The molecule has 1 spiro atoms. The van der Waals surface area contributed by atoms with Crippen LogP contribution in [0.4, 0.5) is 17.1 Å². The lowest BCUT2D eigenvalue weighted by atomic mass is 9.85. The molecule has 0 aromatic heterocycles. The van der Waals surface area contributed by atoms with Gasteiger partial charge in [0, 0.05) is 56.7 Å². The lowest BCUT2D eigenvalue weighted by Crippen LogP contribution is -2.57. The van der Waals surface area contributed by atoms with Gasteiger partial charge < -0.3 is 46.1 Å². The van der Waals surface area contributed by atoms with Crippen LogP contribution in [0.1, 0.15) is 92.4 Å². The fourth-order valence-corrected chi connectivity index (χ4v) is 9.19. The van der Waals surface area contributed by atoms with Crippen molar-refractivity contribution in [2.75, 3.05) is 42.3 Å². The molecule has 3 heterocycles. The Labute approximate surface area is 376 Å². The maximum absolute atomic E-state index is 13.3. The Kier molecular flexibility index (Phi) is 14.7. The topological polar surface area (TPSA) is 158 Å². The molecular weight excluding hydrogens is 805 g/mol. The van der Waals surface area contributed by atoms with Crippen molar-refractivity contribution in [3.05, 3.63) is 150 Å². The zero-order chi connectivity index (χ0) is 44.3. The van der Waals surface area contributed by atoms with Crippen molar-refractivity contribution < 1.29 is 29.0 Å². The zero-order valence-corrected chi connectivity index (χ0v) is 36.4. The Hall–Kier alpha value is -6.05. The van der Waals surface area contributed by atoms with Gasteiger partial charge in [-0.25, -0.2) is 0 Å². The van der Waals surface area contributed by atoms with Crippen LogP contribution in [0.3, 0.4) is 0 Å². The van der Waals surface area contributed by atoms with E-state index >= 15 is 0 Å². The van der Waals surface area contributed by atoms with Crippen molar-refractivity contribution >= 4 is 34.8 Å². The number of aliphatic hydroxyl groups is 1. The molecule has 12 heteroatoms. The molecule has 3 saturated heterocycles. The van der Waals surface area contributed by atoms with E-state index in [4.69, 9.17) is 15.2 Å². The van der Waals surface area contributed by atoms with Crippen LogP contribution in [0.5, 0.6) is 0 Å². The second kappa shape index (κ2) is 21.1. The number of likely N-dealkylation sites (tertiary alicyclic amines) is 1. The van der Waals surface area contributed by atoms with E-state index in [2.05, 4.69) is 74.3 Å². The Morgan fingerprint density at radius 3 is 2.19 bits per heavy atom. The van der Waals surface area contributed by atoms with Crippen LogP contribution < -0.4 is 26.6 Å². The maximum atomic E-state index is 13.3. The van der Waals surface area contributed by atoms with E-state index in [1.54, 1.807) is 12.1 Å². The molecule has 3 fully saturated rings. The number of benzene rings is 5. The lowest BCUT2D eigenvalue weighted by molar-refractivity contribution is -0.253. The van der Waals surface area contributed by atoms with Gasteiger partial charge in [-0.3, -0.25) is 14.4 Å². The molecule has 3 aliphatic heterocycles. The van der Waals surface area contributed by atoms with E-state index in [0.29, 0.717) is 43.9 Å². The third-order valence-electron chi connectivity index (χ3n) is 12.9. The van der Waals surface area contributed by atoms with Crippen LogP contribution in [-0.2, 0) is 37.0 Å². The molecule has 3 amide bonds. The van der Waals surface area contributed by atoms with Crippen molar-refractivity contribution in [2.24, 2.45) is 0 Å². The smallest absolute Gasteiger partial charge is 0.247 e. The molecule has 64 heavy (non-hydrogen) atoms. The number of nitrogens with one attached hydrogen (secondary N) is 3. The fraction of sp³-hybridized carbons (Fsp3) is 0.365. The number of nitrogen functional groups attached to an aromatic ring is 1. The second-order valence-electron chi connectivity index (χ2n) is 17.3. The van der Waals surface area contributed by atoms with E-state index in [-0.39, 0.29) is 36.5 Å². The number of carbonyl (C=O) groups is 3. The summed E-state index contributed by atoms with van der Waals surface area (Å²) in [5, 5.41) is 18.7. The zero-order valence-electron chi connectivity index (χ0n) is 36.4. The number of unbranched alkanes of at least 4 members (excludes halogenated alkanes) is 3. The van der Waals surface area contributed by atoms with Gasteiger partial charge in [0.2, 0.25) is 17.7 Å². The summed E-state index contributed by atoms with van der Waals surface area (Å²) in [5.41, 5.74) is 13.5. The van der Waals surface area contributed by atoms with Crippen LogP contribution in [0, 0.1) is 0 Å². The molecule has 5 aromatic carbocycles. The molecule has 0 aliphatic carbocycles. The number of nitrogens with zero attached hydrogens (tertiary/aromatic N) is 2. The first-order valence-corrected chi connectivity index (χ1v) is 22.7. The number of para-hydroxylation sites is 3. The number of rotatable bonds is 17. The number of hydrogen-bond donors (Lipinski definition) is 5. The normalized spacial score (nSPS) is 19.6. The number of amides is 3. The molecule has 3 aliphatic rings. The highest BCUT2D eigenvalue weighted by atomic mass is 16.7. The minimum atomic E-state index is -0.582. The maximum Gasteiger partial charge on any atom is 0.247 e. The number of carbonyl (C=O) groups excluding carboxylic acids is 3. The minimum Gasteiger partial charge on any atom is -0.397 e. The highest BCUT2D eigenvalue weighted by Gasteiger charge is 2.50. The summed E-state index contributed by atoms with van der Waals surface area (Å²) < 4.78 is 13.4. The second-order valence-corrected chi connectivity index (χ2v) is 17.3. The molecule has 0 radical (unpaired) electrons. The van der Waals surface area contributed by atoms with Crippen molar-refractivity contribution in [3.8, 4) is 11.1 Å². The van der Waals surface area contributed by atoms with Gasteiger partial charge in [0.1, 0.15) is 5.54 Å². The van der Waals surface area contributed by atoms with Crippen LogP contribution in [0.2, 0.25) is 0 Å². The van der Waals surface area contributed by atoms with Crippen molar-refractivity contribution in [3.63, 3.8) is 0 Å². The first-order valence-electron chi connectivity index (χ1n) is 22.7. The van der Waals surface area contributed by atoms with Gasteiger partial charge in [-0.2, -0.15) is 0 Å². The van der Waals surface area contributed by atoms with Crippen molar-refractivity contribution in [1.82, 2.24) is 15.5 Å². The minimum absolute atomic E-state index is 0.0144. The number of piperidine rings is 1. The van der Waals surface area contributed by atoms with Crippen molar-refractivity contribution in [2.45, 2.75) is 95.0 Å². The first kappa shape index (κ1) is 44.6. The summed E-state index contributed by atoms with van der Waals surface area (Å²) in [4.78, 5) is 42.9. The molecular formula is C52H60N6O6. The predicted octanol–water partition coefficient (Wildman–Crippen LogP) is 8.00. The average molecular weight is 865 g/mol. The Balaban J connectivity index is 0.836. The number of anilines is 3. The standard InChI is InChI=1S/C52H60N6O6/c53-45-15-8-9-16-46(45)56-49(61)18-7-2-1-6-17-48(60)54-33-38-11-10-12-42(31-38)39-23-25-41(26-24-39)50-63-44(32-47(64-50)40-21-19-37(35-59)20-22-40)34-57-29-27-52(28-30-57)51(62)55-36-58(52)43-13-4-3-5-14-43/h3-5,8-16,19-26,31,44,47,50,59H,1-2,6-7,17-18,27-30,32-36,53H2,(H,54,60)(H,55,62)(H,56,61)/t44-,47+,50+/m0/s1. The summed E-state index contributed by atoms with van der Waals surface area (Å²) >= 11 is 0. The van der Waals surface area contributed by atoms with Gasteiger partial charge in [-0.1, -0.05) is 110 Å². The monoisotopic (exact) mass is 864 g/mol. The summed E-state index contributed by atoms with van der Waals surface area (Å²) in [5.74, 6) is 0.0698. The molecule has 6 N–H and O–H groups in total. The molecule has 3 atom stereocenters. The van der Waals surface area contributed by atoms with E-state index in [1.165, 1.54) is 0 Å². The van der Waals surface area contributed by atoms with Gasteiger partial charge in [0.05, 0.1) is 36.9 Å². The molecule has 12 nitrogen and oxygen atoms in total. The molecule has 5 aromatic rings. The quantitative estimate of drug-likeness (QED) is 0.0462. The Morgan fingerprint density at radius 1 is 0.750 bits per heavy atom. The highest BCUT2D eigenvalue weighted by Crippen LogP contribution is 2.40. The van der Waals surface area contributed by atoms with E-state index in [1.807, 2.05) is 66.7 Å². The average Bonchev–Trinajstić information content (AvgIpc) is 3.65. The Morgan fingerprint density at radius 2 is 1.45 bits per heavy atom. The van der Waals surface area contributed by atoms with E-state index in [0.717, 1.165) is 97.2 Å². The molecule has 334 valence electrons. The van der Waals surface area contributed by atoms with Crippen LogP contribution in [0.25, 0.3) is 11.1 Å². The van der Waals surface area contributed by atoms with Crippen molar-refractivity contribution in [1.29, 1.82) is 0 Å².